The lowest BCUT2D eigenvalue weighted by atomic mass is 9.94. The number of nitrogens with two attached hydrogens (primary N) is 1. The van der Waals surface area contributed by atoms with Crippen molar-refractivity contribution in [1.29, 1.82) is 0 Å². The molecule has 2 aliphatic rings. The van der Waals surface area contributed by atoms with Gasteiger partial charge in [0.15, 0.2) is 0 Å². The van der Waals surface area contributed by atoms with E-state index in [0.29, 0.717) is 0 Å². The normalized spacial score (nSPS) is 37.8. The van der Waals surface area contributed by atoms with E-state index in [4.69, 9.17) is 5.73 Å². The van der Waals surface area contributed by atoms with E-state index >= 15 is 0 Å². The van der Waals surface area contributed by atoms with Crippen LogP contribution in [0, 0.1) is 17.8 Å². The molecular weight excluding hydrogens is 146 g/mol. The van der Waals surface area contributed by atoms with Crippen LogP contribution in [0.5, 0.6) is 0 Å². The maximum absolute atomic E-state index is 5.67. The third kappa shape index (κ3) is 1.82. The smallest absolute Gasteiger partial charge is 0.00460 e. The molecule has 0 aromatic carbocycles. The molecule has 2 N–H and O–H groups in total. The summed E-state index contributed by atoms with van der Waals surface area (Å²) in [6.45, 7) is 0.946. The summed E-state index contributed by atoms with van der Waals surface area (Å²) in [7, 11) is 0. The lowest BCUT2D eigenvalue weighted by Crippen LogP contribution is -2.08. The molecule has 0 bridgehead atoms. The maximum atomic E-state index is 5.67. The van der Waals surface area contributed by atoms with Crippen molar-refractivity contribution >= 4 is 0 Å². The summed E-state index contributed by atoms with van der Waals surface area (Å²) in [5, 5.41) is 0. The zero-order chi connectivity index (χ0) is 8.39. The van der Waals surface area contributed by atoms with Gasteiger partial charge in [-0.1, -0.05) is 38.5 Å². The molecule has 0 aromatic rings. The van der Waals surface area contributed by atoms with Crippen molar-refractivity contribution in [3.05, 3.63) is 0 Å². The van der Waals surface area contributed by atoms with Gasteiger partial charge in [0.2, 0.25) is 0 Å². The molecule has 0 amide bonds. The summed E-state index contributed by atoms with van der Waals surface area (Å²) in [5.41, 5.74) is 5.67. The maximum Gasteiger partial charge on any atom is -0.00460 e. The minimum atomic E-state index is 0.910. The zero-order valence-electron chi connectivity index (χ0n) is 7.97. The highest BCUT2D eigenvalue weighted by atomic mass is 14.6. The van der Waals surface area contributed by atoms with Crippen molar-refractivity contribution in [2.75, 3.05) is 6.54 Å². The molecule has 1 heteroatoms. The molecule has 0 unspecified atom stereocenters. The highest BCUT2D eigenvalue weighted by molar-refractivity contribution is 4.92. The van der Waals surface area contributed by atoms with Crippen molar-refractivity contribution in [2.45, 2.75) is 44.9 Å². The molecule has 2 fully saturated rings. The Morgan fingerprint density at radius 3 is 2.17 bits per heavy atom. The van der Waals surface area contributed by atoms with Gasteiger partial charge in [0.05, 0.1) is 0 Å². The number of rotatable bonds is 2. The van der Waals surface area contributed by atoms with Gasteiger partial charge >= 0.3 is 0 Å². The Labute approximate surface area is 75.7 Å². The molecule has 2 rings (SSSR count). The van der Waals surface area contributed by atoms with E-state index in [1.165, 1.54) is 44.9 Å². The van der Waals surface area contributed by atoms with Crippen LogP contribution >= 0.6 is 0 Å². The van der Waals surface area contributed by atoms with Crippen LogP contribution in [0.2, 0.25) is 0 Å². The van der Waals surface area contributed by atoms with Gasteiger partial charge in [-0.2, -0.15) is 0 Å². The average Bonchev–Trinajstić information content (AvgIpc) is 2.89. The van der Waals surface area contributed by atoms with E-state index in [1.807, 2.05) is 0 Å². The van der Waals surface area contributed by atoms with Crippen LogP contribution in [0.1, 0.15) is 44.9 Å². The monoisotopic (exact) mass is 167 g/mol. The first-order valence-electron chi connectivity index (χ1n) is 5.62. The lowest BCUT2D eigenvalue weighted by Gasteiger charge is -2.12. The fourth-order valence-corrected chi connectivity index (χ4v) is 2.86. The van der Waals surface area contributed by atoms with Crippen molar-refractivity contribution in [3.8, 4) is 0 Å². The quantitative estimate of drug-likeness (QED) is 0.628. The molecule has 0 saturated heterocycles. The Morgan fingerprint density at radius 1 is 1.00 bits per heavy atom. The Balaban J connectivity index is 1.79. The second kappa shape index (κ2) is 3.78. The van der Waals surface area contributed by atoms with Crippen molar-refractivity contribution in [2.24, 2.45) is 23.5 Å². The predicted molar refractivity (Wildman–Crippen MR) is 51.8 cm³/mol. The minimum Gasteiger partial charge on any atom is -0.330 e. The molecule has 2 atom stereocenters. The van der Waals surface area contributed by atoms with Gasteiger partial charge in [-0.25, -0.2) is 0 Å². The van der Waals surface area contributed by atoms with Gasteiger partial charge in [-0.15, -0.1) is 0 Å². The predicted octanol–water partition coefficient (Wildman–Crippen LogP) is 2.55. The summed E-state index contributed by atoms with van der Waals surface area (Å²) in [4.78, 5) is 0. The van der Waals surface area contributed by atoms with E-state index in [-0.39, 0.29) is 0 Å². The van der Waals surface area contributed by atoms with Crippen LogP contribution in [0.15, 0.2) is 0 Å². The molecule has 0 heterocycles. The summed E-state index contributed by atoms with van der Waals surface area (Å²) < 4.78 is 0. The summed E-state index contributed by atoms with van der Waals surface area (Å²) in [6.07, 6.45) is 10.4. The topological polar surface area (TPSA) is 26.0 Å². The van der Waals surface area contributed by atoms with E-state index < -0.39 is 0 Å². The van der Waals surface area contributed by atoms with Crippen LogP contribution in [-0.2, 0) is 0 Å². The highest BCUT2D eigenvalue weighted by Crippen LogP contribution is 2.48. The molecular formula is C11H21N. The molecule has 0 aromatic heterocycles. The summed E-state index contributed by atoms with van der Waals surface area (Å²) >= 11 is 0. The van der Waals surface area contributed by atoms with E-state index in [2.05, 4.69) is 0 Å². The van der Waals surface area contributed by atoms with Crippen LogP contribution in [0.3, 0.4) is 0 Å². The third-order valence-electron chi connectivity index (χ3n) is 3.79. The lowest BCUT2D eigenvalue weighted by molar-refractivity contribution is 0.387. The van der Waals surface area contributed by atoms with Gasteiger partial charge < -0.3 is 5.73 Å². The van der Waals surface area contributed by atoms with Crippen molar-refractivity contribution in [3.63, 3.8) is 0 Å². The first-order chi connectivity index (χ1) is 5.92. The minimum absolute atomic E-state index is 0.910. The fraction of sp³-hybridized carbons (Fsp3) is 1.00. The highest BCUT2D eigenvalue weighted by Gasteiger charge is 2.41. The van der Waals surface area contributed by atoms with Crippen LogP contribution in [-0.4, -0.2) is 6.54 Å². The standard InChI is InChI=1S/C11H21N/c12-8-10-7-11(10)9-5-3-1-2-4-6-9/h9-11H,1-8,12H2/t10-,11-/m0/s1. The van der Waals surface area contributed by atoms with Crippen molar-refractivity contribution in [1.82, 2.24) is 0 Å². The van der Waals surface area contributed by atoms with Crippen LogP contribution in [0.4, 0.5) is 0 Å². The Morgan fingerprint density at radius 2 is 1.67 bits per heavy atom. The Bertz CT molecular complexity index is 136. The molecule has 2 aliphatic carbocycles. The summed E-state index contributed by atoms with van der Waals surface area (Å²) in [5.74, 6) is 3.00. The largest absolute Gasteiger partial charge is 0.330 e. The molecule has 2 saturated carbocycles. The molecule has 70 valence electrons. The van der Waals surface area contributed by atoms with Gasteiger partial charge in [0.1, 0.15) is 0 Å². The van der Waals surface area contributed by atoms with E-state index in [0.717, 1.165) is 24.3 Å². The van der Waals surface area contributed by atoms with Gasteiger partial charge in [-0.3, -0.25) is 0 Å². The first-order valence-corrected chi connectivity index (χ1v) is 5.62. The average molecular weight is 167 g/mol. The van der Waals surface area contributed by atoms with Crippen LogP contribution in [0.25, 0.3) is 0 Å². The number of hydrogen-bond acceptors (Lipinski definition) is 1. The molecule has 0 spiro atoms. The van der Waals surface area contributed by atoms with Crippen LogP contribution < -0.4 is 5.73 Å². The molecule has 12 heavy (non-hydrogen) atoms. The molecule has 0 aliphatic heterocycles. The van der Waals surface area contributed by atoms with Crippen molar-refractivity contribution < 1.29 is 0 Å². The van der Waals surface area contributed by atoms with E-state index in [9.17, 15) is 0 Å². The fourth-order valence-electron chi connectivity index (χ4n) is 2.86. The molecule has 0 radical (unpaired) electrons. The second-order valence-corrected chi connectivity index (χ2v) is 4.65. The SMILES string of the molecule is NC[C@@H]1C[C@H]1C1CCCCCC1. The Kier molecular flexibility index (Phi) is 2.69. The van der Waals surface area contributed by atoms with E-state index in [1.54, 1.807) is 0 Å². The third-order valence-corrected chi connectivity index (χ3v) is 3.79. The second-order valence-electron chi connectivity index (χ2n) is 4.65. The van der Waals surface area contributed by atoms with Gasteiger partial charge in [0, 0.05) is 0 Å². The number of hydrogen-bond donors (Lipinski definition) is 1. The van der Waals surface area contributed by atoms with Gasteiger partial charge in [0.25, 0.3) is 0 Å². The Hall–Kier alpha value is -0.0400. The first kappa shape index (κ1) is 8.55. The van der Waals surface area contributed by atoms with Gasteiger partial charge in [-0.05, 0) is 30.7 Å². The zero-order valence-corrected chi connectivity index (χ0v) is 7.97. The summed E-state index contributed by atoms with van der Waals surface area (Å²) in [6, 6.07) is 0. The molecule has 1 nitrogen and oxygen atoms in total.